The van der Waals surface area contributed by atoms with Gasteiger partial charge >= 0.3 is 0 Å². The van der Waals surface area contributed by atoms with Gasteiger partial charge in [0.25, 0.3) is 0 Å². The van der Waals surface area contributed by atoms with Crippen LogP contribution in [0.15, 0.2) is 24.3 Å². The van der Waals surface area contributed by atoms with E-state index < -0.39 is 0 Å². The number of hydrogen-bond acceptors (Lipinski definition) is 3. The van der Waals surface area contributed by atoms with Gasteiger partial charge < -0.3 is 15.8 Å². The predicted molar refractivity (Wildman–Crippen MR) is 82.7 cm³/mol. The molecule has 0 aliphatic carbocycles. The fourth-order valence-electron chi connectivity index (χ4n) is 1.87. The molecule has 108 valence electrons. The van der Waals surface area contributed by atoms with E-state index in [0.29, 0.717) is 11.8 Å². The summed E-state index contributed by atoms with van der Waals surface area (Å²) < 4.78 is 5.65. The van der Waals surface area contributed by atoms with Crippen molar-refractivity contribution >= 4 is 5.69 Å². The van der Waals surface area contributed by atoms with Gasteiger partial charge in [-0.3, -0.25) is 0 Å². The second-order valence-electron chi connectivity index (χ2n) is 6.00. The Morgan fingerprint density at radius 1 is 1.05 bits per heavy atom. The lowest BCUT2D eigenvalue weighted by atomic mass is 10.0. The van der Waals surface area contributed by atoms with Crippen molar-refractivity contribution in [2.24, 2.45) is 17.6 Å². The van der Waals surface area contributed by atoms with Gasteiger partial charge in [0.2, 0.25) is 0 Å². The molecule has 0 saturated carbocycles. The number of anilines is 1. The Balaban J connectivity index is 2.35. The van der Waals surface area contributed by atoms with E-state index in [1.807, 2.05) is 24.3 Å². The topological polar surface area (TPSA) is 47.3 Å². The highest BCUT2D eigenvalue weighted by Gasteiger charge is 2.05. The second kappa shape index (κ2) is 8.05. The zero-order valence-corrected chi connectivity index (χ0v) is 12.6. The Hall–Kier alpha value is -1.22. The van der Waals surface area contributed by atoms with E-state index in [-0.39, 0.29) is 6.04 Å². The molecule has 1 atom stereocenters. The van der Waals surface area contributed by atoms with Gasteiger partial charge in [0.15, 0.2) is 0 Å². The molecule has 0 heterocycles. The normalized spacial score (nSPS) is 12.8. The molecule has 3 heteroatoms. The molecule has 0 amide bonds. The minimum Gasteiger partial charge on any atom is -0.493 e. The standard InChI is InChI=1S/C16H28N2O/c1-12(2)9-14(17)10-18-15-5-7-16(8-6-15)19-11-13(3)4/h5-8,12-14,18H,9-11,17H2,1-4H3. The van der Waals surface area contributed by atoms with Gasteiger partial charge in [-0.1, -0.05) is 27.7 Å². The van der Waals surface area contributed by atoms with Crippen LogP contribution in [0.5, 0.6) is 5.75 Å². The van der Waals surface area contributed by atoms with E-state index in [1.54, 1.807) is 0 Å². The first-order valence-corrected chi connectivity index (χ1v) is 7.19. The summed E-state index contributed by atoms with van der Waals surface area (Å²) in [6, 6.07) is 8.28. The minimum atomic E-state index is 0.205. The molecule has 1 aromatic carbocycles. The van der Waals surface area contributed by atoms with Gasteiger partial charge in [-0.15, -0.1) is 0 Å². The Kier molecular flexibility index (Phi) is 6.71. The molecule has 19 heavy (non-hydrogen) atoms. The zero-order chi connectivity index (χ0) is 14.3. The molecule has 1 rings (SSSR count). The highest BCUT2D eigenvalue weighted by molar-refractivity contribution is 5.46. The Morgan fingerprint density at radius 2 is 1.68 bits per heavy atom. The Bertz CT molecular complexity index is 346. The summed E-state index contributed by atoms with van der Waals surface area (Å²) in [5, 5.41) is 3.36. The molecule has 0 spiro atoms. The van der Waals surface area contributed by atoms with Crippen LogP contribution in [0.1, 0.15) is 34.1 Å². The van der Waals surface area contributed by atoms with Crippen LogP contribution in [0.2, 0.25) is 0 Å². The van der Waals surface area contributed by atoms with Crippen LogP contribution in [-0.4, -0.2) is 19.2 Å². The summed E-state index contributed by atoms with van der Waals surface area (Å²) in [5.41, 5.74) is 7.14. The molecular formula is C16H28N2O. The van der Waals surface area contributed by atoms with E-state index in [1.165, 1.54) is 0 Å². The van der Waals surface area contributed by atoms with Gasteiger partial charge in [-0.2, -0.15) is 0 Å². The second-order valence-corrected chi connectivity index (χ2v) is 6.00. The minimum absolute atomic E-state index is 0.205. The van der Waals surface area contributed by atoms with E-state index in [4.69, 9.17) is 10.5 Å². The van der Waals surface area contributed by atoms with Crippen molar-refractivity contribution in [1.29, 1.82) is 0 Å². The highest BCUT2D eigenvalue weighted by atomic mass is 16.5. The van der Waals surface area contributed by atoms with E-state index in [2.05, 4.69) is 33.0 Å². The third kappa shape index (κ3) is 7.06. The van der Waals surface area contributed by atoms with Crippen LogP contribution < -0.4 is 15.8 Å². The molecule has 3 N–H and O–H groups in total. The van der Waals surface area contributed by atoms with Crippen LogP contribution >= 0.6 is 0 Å². The fraction of sp³-hybridized carbons (Fsp3) is 0.625. The maximum Gasteiger partial charge on any atom is 0.119 e. The van der Waals surface area contributed by atoms with E-state index in [0.717, 1.165) is 31.0 Å². The molecule has 0 saturated heterocycles. The first-order valence-electron chi connectivity index (χ1n) is 7.19. The van der Waals surface area contributed by atoms with Crippen molar-refractivity contribution in [2.45, 2.75) is 40.2 Å². The van der Waals surface area contributed by atoms with Crippen LogP contribution in [0.4, 0.5) is 5.69 Å². The summed E-state index contributed by atoms with van der Waals surface area (Å²) in [6.45, 7) is 10.2. The van der Waals surface area contributed by atoms with Crippen molar-refractivity contribution in [2.75, 3.05) is 18.5 Å². The van der Waals surface area contributed by atoms with Gasteiger partial charge in [-0.05, 0) is 42.5 Å². The Labute approximate surface area is 117 Å². The monoisotopic (exact) mass is 264 g/mol. The number of rotatable bonds is 8. The third-order valence-corrected chi connectivity index (χ3v) is 2.78. The molecule has 0 aliphatic heterocycles. The third-order valence-electron chi connectivity index (χ3n) is 2.78. The lowest BCUT2D eigenvalue weighted by molar-refractivity contribution is 0.271. The van der Waals surface area contributed by atoms with Gasteiger partial charge in [-0.25, -0.2) is 0 Å². The van der Waals surface area contributed by atoms with E-state index in [9.17, 15) is 0 Å². The van der Waals surface area contributed by atoms with Crippen molar-refractivity contribution in [3.8, 4) is 5.75 Å². The molecule has 0 aliphatic rings. The lowest BCUT2D eigenvalue weighted by Gasteiger charge is -2.16. The first kappa shape index (κ1) is 15.8. The van der Waals surface area contributed by atoms with Gasteiger partial charge in [0, 0.05) is 18.3 Å². The van der Waals surface area contributed by atoms with Crippen LogP contribution in [0, 0.1) is 11.8 Å². The van der Waals surface area contributed by atoms with Crippen molar-refractivity contribution in [3.63, 3.8) is 0 Å². The average Bonchev–Trinajstić information content (AvgIpc) is 2.34. The number of nitrogens with two attached hydrogens (primary N) is 1. The number of benzene rings is 1. The quantitative estimate of drug-likeness (QED) is 0.755. The highest BCUT2D eigenvalue weighted by Crippen LogP contribution is 2.16. The molecular weight excluding hydrogens is 236 g/mol. The van der Waals surface area contributed by atoms with Crippen LogP contribution in [0.25, 0.3) is 0 Å². The molecule has 1 unspecified atom stereocenters. The molecule has 1 aromatic rings. The van der Waals surface area contributed by atoms with Gasteiger partial charge in [0.1, 0.15) is 5.75 Å². The SMILES string of the molecule is CC(C)COc1ccc(NCC(N)CC(C)C)cc1. The van der Waals surface area contributed by atoms with Crippen LogP contribution in [0.3, 0.4) is 0 Å². The van der Waals surface area contributed by atoms with E-state index >= 15 is 0 Å². The molecule has 3 nitrogen and oxygen atoms in total. The zero-order valence-electron chi connectivity index (χ0n) is 12.6. The smallest absolute Gasteiger partial charge is 0.119 e. The Morgan fingerprint density at radius 3 is 2.21 bits per heavy atom. The summed E-state index contributed by atoms with van der Waals surface area (Å²) in [4.78, 5) is 0. The molecule has 0 bridgehead atoms. The first-order chi connectivity index (χ1) is 8.97. The van der Waals surface area contributed by atoms with Crippen molar-refractivity contribution < 1.29 is 4.74 Å². The molecule has 0 aromatic heterocycles. The number of hydrogen-bond donors (Lipinski definition) is 2. The molecule has 0 fully saturated rings. The summed E-state index contributed by atoms with van der Waals surface area (Å²) in [7, 11) is 0. The van der Waals surface area contributed by atoms with Crippen LogP contribution in [-0.2, 0) is 0 Å². The maximum absolute atomic E-state index is 6.05. The summed E-state index contributed by atoms with van der Waals surface area (Å²) in [5.74, 6) is 2.11. The lowest BCUT2D eigenvalue weighted by Crippen LogP contribution is -2.30. The molecule has 0 radical (unpaired) electrons. The largest absolute Gasteiger partial charge is 0.493 e. The average molecular weight is 264 g/mol. The van der Waals surface area contributed by atoms with Crippen molar-refractivity contribution in [3.05, 3.63) is 24.3 Å². The fourth-order valence-corrected chi connectivity index (χ4v) is 1.87. The maximum atomic E-state index is 6.05. The van der Waals surface area contributed by atoms with Gasteiger partial charge in [0.05, 0.1) is 6.61 Å². The number of ether oxygens (including phenoxy) is 1. The number of nitrogens with one attached hydrogen (secondary N) is 1. The summed E-state index contributed by atoms with van der Waals surface area (Å²) >= 11 is 0. The predicted octanol–water partition coefficient (Wildman–Crippen LogP) is 3.51. The summed E-state index contributed by atoms with van der Waals surface area (Å²) in [6.07, 6.45) is 1.04. The van der Waals surface area contributed by atoms with Crippen molar-refractivity contribution in [1.82, 2.24) is 0 Å².